The fourth-order valence-electron chi connectivity index (χ4n) is 3.84. The number of sulfonamides is 1. The highest BCUT2D eigenvalue weighted by molar-refractivity contribution is 7.89. The quantitative estimate of drug-likeness (QED) is 0.296. The summed E-state index contributed by atoms with van der Waals surface area (Å²) < 4.78 is 68.7. The summed E-state index contributed by atoms with van der Waals surface area (Å²) in [5.74, 6) is -0.617. The van der Waals surface area contributed by atoms with E-state index in [0.29, 0.717) is 21.1 Å². The monoisotopic (exact) mass is 525 g/mol. The number of hydrogen-bond acceptors (Lipinski definition) is 4. The Hall–Kier alpha value is -2.88. The minimum absolute atomic E-state index is 0.0265. The smallest absolute Gasteiger partial charge is 0.342 e. The van der Waals surface area contributed by atoms with Crippen LogP contribution >= 0.6 is 0 Å². The second-order valence-corrected chi connectivity index (χ2v) is 10.8. The number of benzene rings is 2. The molecule has 0 saturated carbocycles. The summed E-state index contributed by atoms with van der Waals surface area (Å²) in [4.78, 5) is 12.9. The van der Waals surface area contributed by atoms with Crippen molar-refractivity contribution in [1.29, 1.82) is 0 Å². The van der Waals surface area contributed by atoms with Crippen LogP contribution in [0.4, 0.5) is 13.2 Å². The fraction of sp³-hybridized carbons (Fsp3) is 0.462. The first-order valence-electron chi connectivity index (χ1n) is 11.8. The first-order chi connectivity index (χ1) is 16.7. The highest BCUT2D eigenvalue weighted by Crippen LogP contribution is 2.33. The van der Waals surface area contributed by atoms with Crippen LogP contribution in [0.2, 0.25) is 0 Å². The van der Waals surface area contributed by atoms with Crippen molar-refractivity contribution in [1.82, 2.24) is 9.31 Å². The van der Waals surface area contributed by atoms with E-state index in [0.717, 1.165) is 10.5 Å². The zero-order chi connectivity index (χ0) is 27.3. The van der Waals surface area contributed by atoms with Crippen molar-refractivity contribution in [2.75, 3.05) is 13.6 Å². The van der Waals surface area contributed by atoms with Gasteiger partial charge in [0.15, 0.2) is 5.84 Å². The van der Waals surface area contributed by atoms with Crippen LogP contribution in [0, 0.1) is 20.8 Å². The van der Waals surface area contributed by atoms with E-state index in [4.69, 9.17) is 0 Å². The SMILES string of the molecule is CCC.Cc1ccc(S(=O)(=O)N(C)/N=C(\c2c(C)cccc2C)N2CCC(=O)CC2C(F)(F)F)cc1. The Balaban J connectivity index is 0.00000145. The summed E-state index contributed by atoms with van der Waals surface area (Å²) in [6.07, 6.45) is -4.23. The lowest BCUT2D eigenvalue weighted by atomic mass is 9.96. The highest BCUT2D eigenvalue weighted by Gasteiger charge is 2.48. The van der Waals surface area contributed by atoms with Gasteiger partial charge < -0.3 is 4.90 Å². The van der Waals surface area contributed by atoms with Gasteiger partial charge in [-0.2, -0.15) is 26.0 Å². The zero-order valence-corrected chi connectivity index (χ0v) is 22.4. The number of halogens is 3. The molecule has 1 heterocycles. The Morgan fingerprint density at radius 3 is 2.08 bits per heavy atom. The van der Waals surface area contributed by atoms with Gasteiger partial charge in [0.2, 0.25) is 0 Å². The third kappa shape index (κ3) is 6.87. The van der Waals surface area contributed by atoms with Crippen molar-refractivity contribution < 1.29 is 26.4 Å². The van der Waals surface area contributed by atoms with Crippen LogP contribution in [0.5, 0.6) is 0 Å². The average molecular weight is 526 g/mol. The first kappa shape index (κ1) is 29.4. The maximum absolute atomic E-state index is 13.9. The molecule has 1 saturated heterocycles. The minimum atomic E-state index is -4.69. The number of aryl methyl sites for hydroxylation is 3. The molecule has 198 valence electrons. The van der Waals surface area contributed by atoms with Crippen LogP contribution in [-0.4, -0.2) is 55.2 Å². The minimum Gasteiger partial charge on any atom is -0.342 e. The number of alkyl halides is 3. The largest absolute Gasteiger partial charge is 0.409 e. The van der Waals surface area contributed by atoms with E-state index in [2.05, 4.69) is 18.9 Å². The van der Waals surface area contributed by atoms with E-state index in [1.54, 1.807) is 44.2 Å². The van der Waals surface area contributed by atoms with Crippen LogP contribution in [0.25, 0.3) is 0 Å². The number of piperidine rings is 1. The van der Waals surface area contributed by atoms with Gasteiger partial charge >= 0.3 is 6.18 Å². The van der Waals surface area contributed by atoms with Gasteiger partial charge in [-0.05, 0) is 44.0 Å². The predicted octanol–water partition coefficient (Wildman–Crippen LogP) is 5.61. The number of nitrogens with zero attached hydrogens (tertiary/aromatic N) is 3. The molecular formula is C26H34F3N3O3S. The lowest BCUT2D eigenvalue weighted by molar-refractivity contribution is -0.182. The molecule has 0 radical (unpaired) electrons. The average Bonchev–Trinajstić information content (AvgIpc) is 2.78. The van der Waals surface area contributed by atoms with Gasteiger partial charge in [-0.1, -0.05) is 56.2 Å². The molecule has 0 aliphatic carbocycles. The maximum Gasteiger partial charge on any atom is 0.409 e. The molecule has 3 rings (SSSR count). The van der Waals surface area contributed by atoms with E-state index in [-0.39, 0.29) is 23.7 Å². The van der Waals surface area contributed by atoms with E-state index < -0.39 is 34.4 Å². The standard InChI is InChI=1S/C23H26F3N3O3S.C3H8/c1-15-8-10-19(11-9-15)33(31,32)28(4)27-22(21-16(2)6-5-7-17(21)3)29-13-12-18(30)14-20(29)23(24,25)26;1-3-2/h5-11,20H,12-14H2,1-4H3;3H2,1-2H3/b27-22+;. The third-order valence-corrected chi connectivity index (χ3v) is 7.33. The molecule has 0 bridgehead atoms. The van der Waals surface area contributed by atoms with Crippen LogP contribution in [-0.2, 0) is 14.8 Å². The van der Waals surface area contributed by atoms with E-state index in [9.17, 15) is 26.4 Å². The number of carbonyl (C=O) groups excluding carboxylic acids is 1. The lowest BCUT2D eigenvalue weighted by Crippen LogP contribution is -2.54. The molecule has 2 aromatic carbocycles. The van der Waals surface area contributed by atoms with E-state index in [1.807, 2.05) is 6.92 Å². The summed E-state index contributed by atoms with van der Waals surface area (Å²) >= 11 is 0. The second kappa shape index (κ2) is 11.9. The first-order valence-corrected chi connectivity index (χ1v) is 13.2. The molecular weight excluding hydrogens is 491 g/mol. The fourth-order valence-corrected chi connectivity index (χ4v) is 4.81. The molecule has 0 N–H and O–H groups in total. The van der Waals surface area contributed by atoms with Crippen LogP contribution < -0.4 is 0 Å². The van der Waals surface area contributed by atoms with E-state index >= 15 is 0 Å². The topological polar surface area (TPSA) is 70.1 Å². The molecule has 1 atom stereocenters. The number of carbonyl (C=O) groups is 1. The van der Waals surface area contributed by atoms with Crippen molar-refractivity contribution in [3.8, 4) is 0 Å². The summed E-state index contributed by atoms with van der Waals surface area (Å²) in [6.45, 7) is 9.30. The summed E-state index contributed by atoms with van der Waals surface area (Å²) in [5, 5.41) is 4.23. The number of hydrazone groups is 1. The van der Waals surface area contributed by atoms with Gasteiger partial charge in [0.1, 0.15) is 11.8 Å². The number of rotatable bonds is 4. The van der Waals surface area contributed by atoms with Crippen LogP contribution in [0.15, 0.2) is 52.5 Å². The molecule has 2 aromatic rings. The highest BCUT2D eigenvalue weighted by atomic mass is 32.2. The molecule has 6 nitrogen and oxygen atoms in total. The lowest BCUT2D eigenvalue weighted by Gasteiger charge is -2.39. The van der Waals surface area contributed by atoms with Crippen LogP contribution in [0.3, 0.4) is 0 Å². The van der Waals surface area contributed by atoms with Crippen molar-refractivity contribution in [3.63, 3.8) is 0 Å². The molecule has 1 fully saturated rings. The molecule has 0 aromatic heterocycles. The predicted molar refractivity (Wildman–Crippen MR) is 135 cm³/mol. The number of Topliss-reactive ketones (excluding diaryl/α,β-unsaturated/α-hetero) is 1. The Labute approximate surface area is 211 Å². The molecule has 10 heteroatoms. The molecule has 0 spiro atoms. The van der Waals surface area contributed by atoms with Crippen molar-refractivity contribution in [2.24, 2.45) is 5.10 Å². The second-order valence-electron chi connectivity index (χ2n) is 8.89. The molecule has 36 heavy (non-hydrogen) atoms. The van der Waals surface area contributed by atoms with Gasteiger partial charge in [0.05, 0.1) is 4.90 Å². The van der Waals surface area contributed by atoms with Crippen molar-refractivity contribution in [3.05, 3.63) is 64.7 Å². The number of amidine groups is 1. The van der Waals surface area contributed by atoms with Crippen molar-refractivity contribution in [2.45, 2.75) is 71.0 Å². The van der Waals surface area contributed by atoms with Crippen molar-refractivity contribution >= 4 is 21.6 Å². The summed E-state index contributed by atoms with van der Waals surface area (Å²) in [5.41, 5.74) is 2.56. The molecule has 1 unspecified atom stereocenters. The molecule has 1 aliphatic rings. The molecule has 0 amide bonds. The van der Waals surface area contributed by atoms with Gasteiger partial charge in [-0.25, -0.2) is 0 Å². The Morgan fingerprint density at radius 2 is 1.58 bits per heavy atom. The Kier molecular flexibility index (Phi) is 9.70. The summed E-state index contributed by atoms with van der Waals surface area (Å²) in [6, 6.07) is 9.24. The van der Waals surface area contributed by atoms with Gasteiger partial charge in [0.25, 0.3) is 10.0 Å². The normalized spacial score (nSPS) is 16.9. The van der Waals surface area contributed by atoms with Gasteiger partial charge in [-0.15, -0.1) is 5.10 Å². The van der Waals surface area contributed by atoms with E-state index in [1.165, 1.54) is 25.6 Å². The third-order valence-electron chi connectivity index (χ3n) is 5.69. The number of ketones is 1. The van der Waals surface area contributed by atoms with Gasteiger partial charge in [-0.3, -0.25) is 4.79 Å². The zero-order valence-electron chi connectivity index (χ0n) is 21.6. The van der Waals surface area contributed by atoms with Gasteiger partial charge in [0, 0.05) is 32.0 Å². The summed E-state index contributed by atoms with van der Waals surface area (Å²) in [7, 11) is -2.92. The Morgan fingerprint density at radius 1 is 1.06 bits per heavy atom. The number of hydrogen-bond donors (Lipinski definition) is 0. The Bertz CT molecular complexity index is 1170. The van der Waals surface area contributed by atoms with Crippen LogP contribution in [0.1, 0.15) is 55.4 Å². The molecule has 1 aliphatic heterocycles. The number of likely N-dealkylation sites (tertiary alicyclic amines) is 1. The maximum atomic E-state index is 13.9.